The lowest BCUT2D eigenvalue weighted by atomic mass is 10.1. The van der Waals surface area contributed by atoms with Crippen LogP contribution in [0.3, 0.4) is 0 Å². The number of aliphatic imine (C=N–C) groups is 1. The molecular formula is C15H13NS2. The van der Waals surface area contributed by atoms with E-state index >= 15 is 0 Å². The summed E-state index contributed by atoms with van der Waals surface area (Å²) >= 11 is 3.53. The van der Waals surface area contributed by atoms with E-state index in [0.29, 0.717) is 0 Å². The minimum atomic E-state index is 0.872. The number of hydrogen-bond acceptors (Lipinski definition) is 3. The topological polar surface area (TPSA) is 12.4 Å². The summed E-state index contributed by atoms with van der Waals surface area (Å²) in [5.74, 6) is 0. The maximum Gasteiger partial charge on any atom is 0.0677 e. The zero-order valence-electron chi connectivity index (χ0n) is 10.1. The van der Waals surface area contributed by atoms with Crippen LogP contribution in [0.15, 0.2) is 52.5 Å². The highest BCUT2D eigenvalue weighted by molar-refractivity contribution is 7.14. The molecule has 3 rings (SSSR count). The summed E-state index contributed by atoms with van der Waals surface area (Å²) in [6, 6.07) is 8.46. The average molecular weight is 271 g/mol. The molecule has 0 aliphatic carbocycles. The van der Waals surface area contributed by atoms with Crippen LogP contribution >= 0.6 is 22.7 Å². The molecule has 0 saturated carbocycles. The van der Waals surface area contributed by atoms with Crippen LogP contribution in [0.2, 0.25) is 0 Å². The minimum absolute atomic E-state index is 0.872. The Morgan fingerprint density at radius 1 is 1.33 bits per heavy atom. The van der Waals surface area contributed by atoms with Crippen LogP contribution in [-0.2, 0) is 0 Å². The molecule has 0 bridgehead atoms. The Morgan fingerprint density at radius 3 is 2.89 bits per heavy atom. The van der Waals surface area contributed by atoms with Gasteiger partial charge in [0.2, 0.25) is 0 Å². The standard InChI is InChI=1S/C15H13NS2/c1-10-8-14(15-6-5-11(2)18-15)16-13(10)9-12-4-3-7-17-12/h3-7,9H,1,8H2,2H3/b13-9+. The lowest BCUT2D eigenvalue weighted by molar-refractivity contribution is 1.36. The summed E-state index contributed by atoms with van der Waals surface area (Å²) in [7, 11) is 0. The largest absolute Gasteiger partial charge is 0.251 e. The predicted molar refractivity (Wildman–Crippen MR) is 81.6 cm³/mol. The van der Waals surface area contributed by atoms with Gasteiger partial charge in [0.25, 0.3) is 0 Å². The summed E-state index contributed by atoms with van der Waals surface area (Å²) in [5.41, 5.74) is 3.30. The smallest absolute Gasteiger partial charge is 0.0677 e. The summed E-state index contributed by atoms with van der Waals surface area (Å²) in [6.07, 6.45) is 3.00. The van der Waals surface area contributed by atoms with Crippen LogP contribution in [-0.4, -0.2) is 5.71 Å². The summed E-state index contributed by atoms with van der Waals surface area (Å²) in [5, 5.41) is 2.08. The molecule has 0 radical (unpaired) electrons. The maximum atomic E-state index is 4.72. The highest BCUT2D eigenvalue weighted by Crippen LogP contribution is 2.30. The summed E-state index contributed by atoms with van der Waals surface area (Å²) in [6.45, 7) is 6.25. The van der Waals surface area contributed by atoms with Crippen molar-refractivity contribution in [3.63, 3.8) is 0 Å². The number of aryl methyl sites for hydroxylation is 1. The van der Waals surface area contributed by atoms with Gasteiger partial charge in [-0.25, -0.2) is 0 Å². The first-order chi connectivity index (χ1) is 8.72. The van der Waals surface area contributed by atoms with Crippen molar-refractivity contribution in [3.8, 4) is 0 Å². The van der Waals surface area contributed by atoms with Gasteiger partial charge in [-0.3, -0.25) is 4.99 Å². The van der Waals surface area contributed by atoms with Gasteiger partial charge in [0.15, 0.2) is 0 Å². The van der Waals surface area contributed by atoms with Gasteiger partial charge in [-0.15, -0.1) is 22.7 Å². The summed E-state index contributed by atoms with van der Waals surface area (Å²) < 4.78 is 0. The van der Waals surface area contributed by atoms with Crippen molar-refractivity contribution in [3.05, 3.63) is 62.1 Å². The third-order valence-electron chi connectivity index (χ3n) is 2.85. The molecule has 0 atom stereocenters. The molecule has 0 spiro atoms. The Labute approximate surface area is 115 Å². The van der Waals surface area contributed by atoms with Crippen molar-refractivity contribution in [2.75, 3.05) is 0 Å². The fraction of sp³-hybridized carbons (Fsp3) is 0.133. The number of rotatable bonds is 2. The Kier molecular flexibility index (Phi) is 3.02. The Bertz CT molecular complexity index is 642. The lowest BCUT2D eigenvalue weighted by Crippen LogP contribution is -1.91. The van der Waals surface area contributed by atoms with Crippen molar-refractivity contribution in [1.29, 1.82) is 0 Å². The molecule has 1 aliphatic rings. The van der Waals surface area contributed by atoms with Crippen molar-refractivity contribution >= 4 is 34.5 Å². The molecule has 0 amide bonds. The molecule has 2 aromatic heterocycles. The zero-order valence-corrected chi connectivity index (χ0v) is 11.8. The van der Waals surface area contributed by atoms with Crippen molar-refractivity contribution < 1.29 is 0 Å². The van der Waals surface area contributed by atoms with Crippen LogP contribution in [0.1, 0.15) is 21.1 Å². The van der Waals surface area contributed by atoms with E-state index in [0.717, 1.165) is 23.4 Å². The molecule has 3 heterocycles. The second-order valence-electron chi connectivity index (χ2n) is 4.29. The second-order valence-corrected chi connectivity index (χ2v) is 6.56. The van der Waals surface area contributed by atoms with Crippen LogP contribution in [0, 0.1) is 6.92 Å². The third-order valence-corrected chi connectivity index (χ3v) is 4.71. The molecule has 3 heteroatoms. The number of thiophene rings is 2. The van der Waals surface area contributed by atoms with Crippen LogP contribution in [0.5, 0.6) is 0 Å². The normalized spacial score (nSPS) is 17.5. The first-order valence-corrected chi connectivity index (χ1v) is 7.50. The zero-order chi connectivity index (χ0) is 12.5. The fourth-order valence-electron chi connectivity index (χ4n) is 1.93. The molecule has 1 aliphatic heterocycles. The number of nitrogens with zero attached hydrogens (tertiary/aromatic N) is 1. The van der Waals surface area contributed by atoms with Crippen LogP contribution in [0.4, 0.5) is 0 Å². The van der Waals surface area contributed by atoms with Gasteiger partial charge in [0, 0.05) is 21.1 Å². The highest BCUT2D eigenvalue weighted by Gasteiger charge is 2.18. The highest BCUT2D eigenvalue weighted by atomic mass is 32.1. The monoisotopic (exact) mass is 271 g/mol. The Morgan fingerprint density at radius 2 is 2.22 bits per heavy atom. The molecule has 0 aromatic carbocycles. The quantitative estimate of drug-likeness (QED) is 0.736. The first-order valence-electron chi connectivity index (χ1n) is 5.80. The van der Waals surface area contributed by atoms with E-state index in [4.69, 9.17) is 4.99 Å². The summed E-state index contributed by atoms with van der Waals surface area (Å²) in [4.78, 5) is 8.55. The molecular weight excluding hydrogens is 258 g/mol. The van der Waals surface area contributed by atoms with E-state index in [9.17, 15) is 0 Å². The van der Waals surface area contributed by atoms with Crippen LogP contribution < -0.4 is 0 Å². The molecule has 0 N–H and O–H groups in total. The van der Waals surface area contributed by atoms with Gasteiger partial charge >= 0.3 is 0 Å². The average Bonchev–Trinajstić information content (AvgIpc) is 3.03. The molecule has 1 nitrogen and oxygen atoms in total. The molecule has 0 saturated heterocycles. The Balaban J connectivity index is 1.94. The Hall–Kier alpha value is -1.45. The number of allylic oxidation sites excluding steroid dienone is 1. The van der Waals surface area contributed by atoms with Gasteiger partial charge in [-0.1, -0.05) is 12.6 Å². The van der Waals surface area contributed by atoms with Crippen molar-refractivity contribution in [2.45, 2.75) is 13.3 Å². The van der Waals surface area contributed by atoms with Crippen molar-refractivity contribution in [2.24, 2.45) is 4.99 Å². The van der Waals surface area contributed by atoms with E-state index in [2.05, 4.69) is 49.2 Å². The maximum absolute atomic E-state index is 4.72. The van der Waals surface area contributed by atoms with Gasteiger partial charge in [-0.2, -0.15) is 0 Å². The van der Waals surface area contributed by atoms with Gasteiger partial charge in [-0.05, 0) is 42.2 Å². The van der Waals surface area contributed by atoms with Crippen molar-refractivity contribution in [1.82, 2.24) is 0 Å². The van der Waals surface area contributed by atoms with E-state index in [-0.39, 0.29) is 0 Å². The second kappa shape index (κ2) is 4.67. The predicted octanol–water partition coefficient (Wildman–Crippen LogP) is 4.91. The van der Waals surface area contributed by atoms with Crippen LogP contribution in [0.25, 0.3) is 6.08 Å². The number of hydrogen-bond donors (Lipinski definition) is 0. The lowest BCUT2D eigenvalue weighted by Gasteiger charge is -1.93. The molecule has 90 valence electrons. The van der Waals surface area contributed by atoms with E-state index in [1.54, 1.807) is 22.7 Å². The minimum Gasteiger partial charge on any atom is -0.251 e. The molecule has 0 fully saturated rings. The van der Waals surface area contributed by atoms with E-state index < -0.39 is 0 Å². The third kappa shape index (κ3) is 2.24. The van der Waals surface area contributed by atoms with E-state index in [1.165, 1.54) is 14.6 Å². The first kappa shape index (κ1) is 11.6. The molecule has 2 aromatic rings. The fourth-order valence-corrected chi connectivity index (χ4v) is 3.44. The van der Waals surface area contributed by atoms with Gasteiger partial charge in [0.1, 0.15) is 0 Å². The van der Waals surface area contributed by atoms with Gasteiger partial charge < -0.3 is 0 Å². The van der Waals surface area contributed by atoms with Gasteiger partial charge in [0.05, 0.1) is 11.4 Å². The SMILES string of the molecule is C=C1CC(c2ccc(C)s2)=N/C1=C/c1cccs1. The molecule has 18 heavy (non-hydrogen) atoms. The molecule has 0 unspecified atom stereocenters. The van der Waals surface area contributed by atoms with E-state index in [1.807, 2.05) is 0 Å².